The van der Waals surface area contributed by atoms with Crippen molar-refractivity contribution in [3.05, 3.63) is 72.9 Å². The molecule has 0 heterocycles. The first-order valence-electron chi connectivity index (χ1n) is 33.4. The van der Waals surface area contributed by atoms with Crippen molar-refractivity contribution in [2.24, 2.45) is 0 Å². The van der Waals surface area contributed by atoms with Gasteiger partial charge in [-0.15, -0.1) is 0 Å². The van der Waals surface area contributed by atoms with Gasteiger partial charge in [0.25, 0.3) is 0 Å². The number of allylic oxidation sites excluding steroid dienone is 12. The summed E-state index contributed by atoms with van der Waals surface area (Å²) in [4.78, 5) is 38.1. The topological polar surface area (TPSA) is 78.9 Å². The zero-order valence-electron chi connectivity index (χ0n) is 51.2. The Hall–Kier alpha value is -3.15. The quantitative estimate of drug-likeness (QED) is 0.0261. The minimum absolute atomic E-state index is 0.0730. The second kappa shape index (κ2) is 65.4. The minimum atomic E-state index is -0.774. The molecule has 0 radical (unpaired) electrons. The molecule has 0 aromatic carbocycles. The first kappa shape index (κ1) is 73.8. The summed E-state index contributed by atoms with van der Waals surface area (Å²) in [5.74, 6) is -0.868. The van der Waals surface area contributed by atoms with Crippen molar-refractivity contribution in [2.45, 2.75) is 348 Å². The number of unbranched alkanes of at least 4 members (excludes halogenated alkanes) is 38. The highest BCUT2D eigenvalue weighted by atomic mass is 16.6. The lowest BCUT2D eigenvalue weighted by Crippen LogP contribution is -2.30. The molecular formula is C71H126O6. The van der Waals surface area contributed by atoms with E-state index in [1.54, 1.807) is 0 Å². The average Bonchev–Trinajstić information content (AvgIpc) is 3.43. The second-order valence-electron chi connectivity index (χ2n) is 22.4. The molecule has 0 amide bonds. The number of esters is 3. The lowest BCUT2D eigenvalue weighted by Gasteiger charge is -2.18. The number of ether oxygens (including phenoxy) is 3. The van der Waals surface area contributed by atoms with E-state index in [0.717, 1.165) is 96.3 Å². The van der Waals surface area contributed by atoms with Crippen LogP contribution in [0.1, 0.15) is 342 Å². The molecule has 1 atom stereocenters. The molecule has 0 aromatic heterocycles. The van der Waals surface area contributed by atoms with Gasteiger partial charge in [0, 0.05) is 19.3 Å². The maximum absolute atomic E-state index is 12.8. The largest absolute Gasteiger partial charge is 0.462 e. The molecule has 0 spiro atoms. The molecule has 6 nitrogen and oxygen atoms in total. The highest BCUT2D eigenvalue weighted by molar-refractivity contribution is 5.71. The molecule has 0 aliphatic carbocycles. The van der Waals surface area contributed by atoms with E-state index >= 15 is 0 Å². The van der Waals surface area contributed by atoms with Crippen molar-refractivity contribution in [3.8, 4) is 0 Å². The predicted octanol–water partition coefficient (Wildman–Crippen LogP) is 22.9. The number of carbonyl (C=O) groups excluding carboxylic acids is 3. The Balaban J connectivity index is 4.00. The van der Waals surface area contributed by atoms with Gasteiger partial charge in [-0.2, -0.15) is 0 Å². The highest BCUT2D eigenvalue weighted by Crippen LogP contribution is 2.17. The zero-order chi connectivity index (χ0) is 55.7. The average molecular weight is 1080 g/mol. The third-order valence-electron chi connectivity index (χ3n) is 14.7. The van der Waals surface area contributed by atoms with Crippen molar-refractivity contribution >= 4 is 17.9 Å². The van der Waals surface area contributed by atoms with Crippen LogP contribution in [0.15, 0.2) is 72.9 Å². The molecule has 0 fully saturated rings. The van der Waals surface area contributed by atoms with Gasteiger partial charge in [-0.05, 0) is 89.9 Å². The molecule has 0 saturated carbocycles. The van der Waals surface area contributed by atoms with Crippen LogP contribution in [0.25, 0.3) is 0 Å². The van der Waals surface area contributed by atoms with Crippen molar-refractivity contribution in [3.63, 3.8) is 0 Å². The standard InChI is InChI=1S/C71H126O6/c1-4-7-10-13-16-19-21-23-25-27-28-29-30-31-32-33-34-35-36-37-38-39-40-41-42-43-44-45-47-48-50-52-55-58-61-64-70(73)76-67-68(66-75-69(72)63-60-57-54-18-15-12-9-6-3)77-71(74)65-62-59-56-53-51-49-46-26-24-22-20-17-14-11-8-5-2/h7,10,16,19,23,25-26,28-29,31-32,46,68H,4-6,8-9,11-15,17-18,20-22,24,27,30,33-45,47-67H2,1-3H3/b10-7-,19-16-,25-23-,29-28-,32-31-,46-26-. The van der Waals surface area contributed by atoms with Crippen LogP contribution in [0.4, 0.5) is 0 Å². The molecule has 0 saturated heterocycles. The van der Waals surface area contributed by atoms with Crippen LogP contribution in [0.2, 0.25) is 0 Å². The van der Waals surface area contributed by atoms with Crippen LogP contribution in [0, 0.1) is 0 Å². The maximum atomic E-state index is 12.8. The Kier molecular flexibility index (Phi) is 62.7. The normalized spacial score (nSPS) is 12.5. The molecule has 6 heteroatoms. The second-order valence-corrected chi connectivity index (χ2v) is 22.4. The van der Waals surface area contributed by atoms with Gasteiger partial charge in [0.05, 0.1) is 0 Å². The summed E-state index contributed by atoms with van der Waals surface area (Å²) in [5, 5.41) is 0. The molecule has 0 bridgehead atoms. The van der Waals surface area contributed by atoms with Crippen LogP contribution in [0.5, 0.6) is 0 Å². The van der Waals surface area contributed by atoms with Gasteiger partial charge in [-0.1, -0.05) is 306 Å². The van der Waals surface area contributed by atoms with Crippen molar-refractivity contribution in [1.29, 1.82) is 0 Å². The lowest BCUT2D eigenvalue weighted by molar-refractivity contribution is -0.167. The summed E-state index contributed by atoms with van der Waals surface area (Å²) in [6, 6.07) is 0. The van der Waals surface area contributed by atoms with Gasteiger partial charge in [-0.25, -0.2) is 0 Å². The summed E-state index contributed by atoms with van der Waals surface area (Å²) in [7, 11) is 0. The molecule has 0 aromatic rings. The molecule has 0 aliphatic heterocycles. The smallest absolute Gasteiger partial charge is 0.306 e. The molecule has 77 heavy (non-hydrogen) atoms. The van der Waals surface area contributed by atoms with Gasteiger partial charge in [-0.3, -0.25) is 14.4 Å². The van der Waals surface area contributed by atoms with E-state index < -0.39 is 6.10 Å². The molecule has 446 valence electrons. The van der Waals surface area contributed by atoms with Crippen LogP contribution in [0.3, 0.4) is 0 Å². The molecule has 1 unspecified atom stereocenters. The summed E-state index contributed by atoms with van der Waals surface area (Å²) >= 11 is 0. The summed E-state index contributed by atoms with van der Waals surface area (Å²) in [6.07, 6.45) is 85.2. The zero-order valence-corrected chi connectivity index (χ0v) is 51.2. The number of hydrogen-bond acceptors (Lipinski definition) is 6. The van der Waals surface area contributed by atoms with Crippen molar-refractivity contribution in [1.82, 2.24) is 0 Å². The Morgan fingerprint density at radius 2 is 0.506 bits per heavy atom. The van der Waals surface area contributed by atoms with E-state index in [4.69, 9.17) is 14.2 Å². The van der Waals surface area contributed by atoms with Crippen molar-refractivity contribution < 1.29 is 28.6 Å². The highest BCUT2D eigenvalue weighted by Gasteiger charge is 2.19. The van der Waals surface area contributed by atoms with Gasteiger partial charge in [0.15, 0.2) is 6.10 Å². The molecule has 0 aliphatic rings. The van der Waals surface area contributed by atoms with Gasteiger partial charge < -0.3 is 14.2 Å². The SMILES string of the molecule is CC/C=C\C/C=C\C/C=C\C/C=C\C/C=C\CCCCCCCCCCCCCCCCCCCCCC(=O)OCC(COC(=O)CCCCCCCCCC)OC(=O)CCCCCCC/C=C\CCCCCCCCC. The van der Waals surface area contributed by atoms with Gasteiger partial charge in [0.2, 0.25) is 0 Å². The summed E-state index contributed by atoms with van der Waals surface area (Å²) < 4.78 is 16.9. The third-order valence-corrected chi connectivity index (χ3v) is 14.7. The number of hydrogen-bond donors (Lipinski definition) is 0. The Bertz CT molecular complexity index is 1420. The van der Waals surface area contributed by atoms with E-state index in [2.05, 4.69) is 93.7 Å². The fraction of sp³-hybridized carbons (Fsp3) is 0.789. The molecular weight excluding hydrogens is 949 g/mol. The minimum Gasteiger partial charge on any atom is -0.462 e. The van der Waals surface area contributed by atoms with Gasteiger partial charge in [0.1, 0.15) is 13.2 Å². The fourth-order valence-corrected chi connectivity index (χ4v) is 9.70. The lowest BCUT2D eigenvalue weighted by atomic mass is 10.0. The van der Waals surface area contributed by atoms with E-state index in [1.165, 1.54) is 205 Å². The summed E-state index contributed by atoms with van der Waals surface area (Å²) in [5.41, 5.74) is 0. The Morgan fingerprint density at radius 3 is 0.805 bits per heavy atom. The number of carbonyl (C=O) groups is 3. The van der Waals surface area contributed by atoms with Crippen LogP contribution in [-0.2, 0) is 28.6 Å². The molecule has 0 N–H and O–H groups in total. The summed E-state index contributed by atoms with van der Waals surface area (Å²) in [6.45, 7) is 6.52. The first-order valence-corrected chi connectivity index (χ1v) is 33.4. The number of rotatable bonds is 61. The van der Waals surface area contributed by atoms with E-state index in [9.17, 15) is 14.4 Å². The van der Waals surface area contributed by atoms with E-state index in [-0.39, 0.29) is 31.1 Å². The van der Waals surface area contributed by atoms with Crippen LogP contribution >= 0.6 is 0 Å². The third kappa shape index (κ3) is 63.6. The predicted molar refractivity (Wildman–Crippen MR) is 335 cm³/mol. The maximum Gasteiger partial charge on any atom is 0.306 e. The van der Waals surface area contributed by atoms with E-state index in [1.807, 2.05) is 0 Å². The molecule has 0 rings (SSSR count). The Labute approximate surface area is 478 Å². The van der Waals surface area contributed by atoms with E-state index in [0.29, 0.717) is 19.3 Å². The Morgan fingerprint density at radius 1 is 0.273 bits per heavy atom. The monoisotopic (exact) mass is 1070 g/mol. The first-order chi connectivity index (χ1) is 38.0. The van der Waals surface area contributed by atoms with Crippen LogP contribution in [-0.4, -0.2) is 37.2 Å². The van der Waals surface area contributed by atoms with Crippen LogP contribution < -0.4 is 0 Å². The fourth-order valence-electron chi connectivity index (χ4n) is 9.70. The van der Waals surface area contributed by atoms with Crippen molar-refractivity contribution in [2.75, 3.05) is 13.2 Å². The van der Waals surface area contributed by atoms with Gasteiger partial charge >= 0.3 is 17.9 Å².